The number of ether oxygens (including phenoxy) is 1. The van der Waals surface area contributed by atoms with Crippen LogP contribution in [0.1, 0.15) is 44.6 Å². The molecule has 0 aromatic heterocycles. The van der Waals surface area contributed by atoms with E-state index in [1.165, 1.54) is 37.7 Å². The lowest BCUT2D eigenvalue weighted by Gasteiger charge is -2.35. The van der Waals surface area contributed by atoms with Gasteiger partial charge in [0.1, 0.15) is 11.9 Å². The first-order valence-corrected chi connectivity index (χ1v) is 7.25. The molecule has 1 unspecified atom stereocenters. The average molecular weight is 245 g/mol. The summed E-state index contributed by atoms with van der Waals surface area (Å²) in [5.74, 6) is 1.08. The van der Waals surface area contributed by atoms with Crippen LogP contribution in [-0.4, -0.2) is 18.2 Å². The minimum atomic E-state index is 0.321. The highest BCUT2D eigenvalue weighted by Crippen LogP contribution is 2.30. The molecule has 1 aliphatic heterocycles. The van der Waals surface area contributed by atoms with E-state index in [0.29, 0.717) is 11.6 Å². The van der Waals surface area contributed by atoms with Crippen LogP contribution < -0.4 is 10.1 Å². The molecule has 0 spiro atoms. The maximum atomic E-state index is 5.98. The van der Waals surface area contributed by atoms with E-state index in [4.69, 9.17) is 4.74 Å². The van der Waals surface area contributed by atoms with E-state index in [2.05, 4.69) is 36.5 Å². The summed E-state index contributed by atoms with van der Waals surface area (Å²) in [5, 5.41) is 3.75. The standard InChI is InChI=1S/C16H23NO/c1-16(9-5-2-6-10-16)17-12-14-11-13-7-3-4-8-15(13)18-14/h3-4,7-8,14,17H,2,5-6,9-12H2,1H3. The topological polar surface area (TPSA) is 21.3 Å². The molecule has 18 heavy (non-hydrogen) atoms. The van der Waals surface area contributed by atoms with Gasteiger partial charge in [-0.3, -0.25) is 0 Å². The Kier molecular flexibility index (Phi) is 3.29. The van der Waals surface area contributed by atoms with Gasteiger partial charge >= 0.3 is 0 Å². The van der Waals surface area contributed by atoms with E-state index >= 15 is 0 Å². The second-order valence-electron chi connectivity index (χ2n) is 6.05. The molecule has 2 heteroatoms. The quantitative estimate of drug-likeness (QED) is 0.882. The van der Waals surface area contributed by atoms with Crippen molar-refractivity contribution in [3.63, 3.8) is 0 Å². The minimum Gasteiger partial charge on any atom is -0.488 e. The van der Waals surface area contributed by atoms with Crippen molar-refractivity contribution in [3.05, 3.63) is 29.8 Å². The summed E-state index contributed by atoms with van der Waals surface area (Å²) in [7, 11) is 0. The minimum absolute atomic E-state index is 0.321. The average Bonchev–Trinajstić information content (AvgIpc) is 2.80. The van der Waals surface area contributed by atoms with Crippen molar-refractivity contribution >= 4 is 0 Å². The largest absolute Gasteiger partial charge is 0.488 e. The summed E-state index contributed by atoms with van der Waals surface area (Å²) in [6, 6.07) is 8.41. The fraction of sp³-hybridized carbons (Fsp3) is 0.625. The van der Waals surface area contributed by atoms with E-state index in [-0.39, 0.29) is 0 Å². The third-order valence-electron chi connectivity index (χ3n) is 4.43. The summed E-state index contributed by atoms with van der Waals surface area (Å²) in [4.78, 5) is 0. The van der Waals surface area contributed by atoms with Gasteiger partial charge < -0.3 is 10.1 Å². The Morgan fingerprint density at radius 3 is 2.78 bits per heavy atom. The molecule has 0 amide bonds. The van der Waals surface area contributed by atoms with Gasteiger partial charge in [-0.1, -0.05) is 37.5 Å². The molecule has 0 radical (unpaired) electrons. The van der Waals surface area contributed by atoms with Crippen molar-refractivity contribution in [1.29, 1.82) is 0 Å². The van der Waals surface area contributed by atoms with Crippen molar-refractivity contribution in [2.45, 2.75) is 57.1 Å². The summed E-state index contributed by atoms with van der Waals surface area (Å²) in [5.41, 5.74) is 1.70. The molecule has 1 aromatic carbocycles. The fourth-order valence-electron chi connectivity index (χ4n) is 3.24. The van der Waals surface area contributed by atoms with E-state index in [0.717, 1.165) is 18.7 Å². The number of nitrogens with one attached hydrogen (secondary N) is 1. The number of benzene rings is 1. The molecule has 3 rings (SSSR count). The Morgan fingerprint density at radius 2 is 2.00 bits per heavy atom. The van der Waals surface area contributed by atoms with Crippen LogP contribution in [0.3, 0.4) is 0 Å². The molecule has 1 heterocycles. The van der Waals surface area contributed by atoms with Gasteiger partial charge in [0.15, 0.2) is 0 Å². The summed E-state index contributed by atoms with van der Waals surface area (Å²) >= 11 is 0. The van der Waals surface area contributed by atoms with Gasteiger partial charge in [0.25, 0.3) is 0 Å². The highest BCUT2D eigenvalue weighted by atomic mass is 16.5. The van der Waals surface area contributed by atoms with E-state index < -0.39 is 0 Å². The summed E-state index contributed by atoms with van der Waals surface area (Å²) in [6.45, 7) is 3.35. The SMILES string of the molecule is CC1(NCC2Cc3ccccc3O2)CCCCC1. The van der Waals surface area contributed by atoms with Crippen LogP contribution in [0.15, 0.2) is 24.3 Å². The zero-order valence-corrected chi connectivity index (χ0v) is 11.2. The second-order valence-corrected chi connectivity index (χ2v) is 6.05. The van der Waals surface area contributed by atoms with Gasteiger partial charge in [0.2, 0.25) is 0 Å². The molecule has 1 aromatic rings. The predicted octanol–water partition coefficient (Wildman–Crippen LogP) is 3.30. The fourth-order valence-corrected chi connectivity index (χ4v) is 3.24. The first-order valence-electron chi connectivity index (χ1n) is 7.25. The van der Waals surface area contributed by atoms with Crippen molar-refractivity contribution in [2.75, 3.05) is 6.54 Å². The van der Waals surface area contributed by atoms with E-state index in [1.54, 1.807) is 0 Å². The van der Waals surface area contributed by atoms with Gasteiger partial charge in [-0.05, 0) is 31.4 Å². The highest BCUT2D eigenvalue weighted by molar-refractivity contribution is 5.37. The third-order valence-corrected chi connectivity index (χ3v) is 4.43. The van der Waals surface area contributed by atoms with Crippen molar-refractivity contribution in [1.82, 2.24) is 5.32 Å². The van der Waals surface area contributed by atoms with Crippen molar-refractivity contribution in [2.24, 2.45) is 0 Å². The number of rotatable bonds is 3. The molecule has 1 fully saturated rings. The van der Waals surface area contributed by atoms with E-state index in [9.17, 15) is 0 Å². The lowest BCUT2D eigenvalue weighted by Crippen LogP contribution is -2.47. The van der Waals surface area contributed by atoms with Crippen LogP contribution in [0.4, 0.5) is 0 Å². The molecule has 0 saturated heterocycles. The molecule has 2 aliphatic rings. The van der Waals surface area contributed by atoms with Gasteiger partial charge in [-0.25, -0.2) is 0 Å². The molecule has 1 N–H and O–H groups in total. The zero-order chi connectivity index (χ0) is 12.4. The Hall–Kier alpha value is -1.02. The summed E-state index contributed by atoms with van der Waals surface area (Å²) in [6.07, 6.45) is 8.15. The van der Waals surface area contributed by atoms with Crippen LogP contribution in [0, 0.1) is 0 Å². The zero-order valence-electron chi connectivity index (χ0n) is 11.2. The highest BCUT2D eigenvalue weighted by Gasteiger charge is 2.29. The maximum Gasteiger partial charge on any atom is 0.123 e. The number of para-hydroxylation sites is 1. The number of hydrogen-bond acceptors (Lipinski definition) is 2. The van der Waals surface area contributed by atoms with Crippen LogP contribution >= 0.6 is 0 Å². The molecule has 1 saturated carbocycles. The Balaban J connectivity index is 1.53. The smallest absolute Gasteiger partial charge is 0.123 e. The molecule has 0 bridgehead atoms. The molecule has 2 nitrogen and oxygen atoms in total. The number of fused-ring (bicyclic) bond motifs is 1. The lowest BCUT2D eigenvalue weighted by molar-refractivity contribution is 0.183. The Morgan fingerprint density at radius 1 is 1.22 bits per heavy atom. The second kappa shape index (κ2) is 4.93. The van der Waals surface area contributed by atoms with Gasteiger partial charge in [-0.2, -0.15) is 0 Å². The predicted molar refractivity (Wildman–Crippen MR) is 74.1 cm³/mol. The van der Waals surface area contributed by atoms with Gasteiger partial charge in [-0.15, -0.1) is 0 Å². The molecular formula is C16H23NO. The molecule has 1 atom stereocenters. The van der Waals surface area contributed by atoms with Crippen molar-refractivity contribution in [3.8, 4) is 5.75 Å². The van der Waals surface area contributed by atoms with Gasteiger partial charge in [0.05, 0.1) is 0 Å². The van der Waals surface area contributed by atoms with Crippen LogP contribution in [0.2, 0.25) is 0 Å². The monoisotopic (exact) mass is 245 g/mol. The first kappa shape index (κ1) is 12.0. The molecule has 98 valence electrons. The van der Waals surface area contributed by atoms with Crippen molar-refractivity contribution < 1.29 is 4.74 Å². The Bertz CT molecular complexity index is 384. The Labute approximate surface area is 110 Å². The normalized spacial score (nSPS) is 25.5. The van der Waals surface area contributed by atoms with Gasteiger partial charge in [0, 0.05) is 18.5 Å². The van der Waals surface area contributed by atoms with Crippen LogP contribution in [0.25, 0.3) is 0 Å². The van der Waals surface area contributed by atoms with Crippen LogP contribution in [-0.2, 0) is 6.42 Å². The third kappa shape index (κ3) is 2.54. The van der Waals surface area contributed by atoms with Crippen LogP contribution in [0.5, 0.6) is 5.75 Å². The maximum absolute atomic E-state index is 5.98. The summed E-state index contributed by atoms with van der Waals surface area (Å²) < 4.78 is 5.98. The first-order chi connectivity index (χ1) is 8.75. The molecule has 1 aliphatic carbocycles. The molecular weight excluding hydrogens is 222 g/mol. The van der Waals surface area contributed by atoms with E-state index in [1.807, 2.05) is 0 Å². The lowest BCUT2D eigenvalue weighted by atomic mass is 9.83. The number of hydrogen-bond donors (Lipinski definition) is 1.